The van der Waals surface area contributed by atoms with Crippen LogP contribution in [0.2, 0.25) is 0 Å². The van der Waals surface area contributed by atoms with Crippen LogP contribution in [-0.4, -0.2) is 25.0 Å². The lowest BCUT2D eigenvalue weighted by Crippen LogP contribution is -2.19. The average Bonchev–Trinajstić information content (AvgIpc) is 3.10. The van der Waals surface area contributed by atoms with Crippen LogP contribution >= 0.6 is 0 Å². The topological polar surface area (TPSA) is 88.1 Å². The fraction of sp³-hybridized carbons (Fsp3) is 0.372. The molecule has 0 radical (unpaired) electrons. The highest BCUT2D eigenvalue weighted by Gasteiger charge is 2.24. The molecule has 0 aliphatic heterocycles. The monoisotopic (exact) mass is 678 g/mol. The maximum atomic E-state index is 12.4. The molecule has 0 aliphatic carbocycles. The van der Waals surface area contributed by atoms with Crippen LogP contribution in [0.15, 0.2) is 97.1 Å². The number of rotatable bonds is 17. The zero-order valence-electron chi connectivity index (χ0n) is 30.3. The molecule has 0 atom stereocenters. The molecular weight excluding hydrogens is 628 g/mol. The van der Waals surface area contributed by atoms with Crippen molar-refractivity contribution in [1.29, 1.82) is 0 Å². The number of benzene rings is 4. The van der Waals surface area contributed by atoms with Crippen LogP contribution < -0.4 is 18.9 Å². The van der Waals surface area contributed by atoms with Crippen LogP contribution in [0.3, 0.4) is 0 Å². The highest BCUT2D eigenvalue weighted by molar-refractivity contribution is 5.73. The van der Waals surface area contributed by atoms with Gasteiger partial charge in [0.15, 0.2) is 0 Å². The van der Waals surface area contributed by atoms with Gasteiger partial charge in [0.25, 0.3) is 0 Å². The standard InChI is InChI=1S/C43H50O7/c1-31(44)48-37-25-17-33(18-26-37)43(4,5)35-21-29-39(30-22-35)50-41(46)14-12-10-8-7-9-11-13-40(45)49-38-27-19-34(20-28-38)42(2,3)32-15-23-36(47-6)24-16-32/h15-30H,7-14H2,1-6H3. The van der Waals surface area contributed by atoms with Gasteiger partial charge >= 0.3 is 17.9 Å². The van der Waals surface area contributed by atoms with Crippen molar-refractivity contribution in [2.75, 3.05) is 7.11 Å². The van der Waals surface area contributed by atoms with E-state index in [1.54, 1.807) is 19.2 Å². The quantitative estimate of drug-likeness (QED) is 0.0624. The molecule has 4 rings (SSSR count). The summed E-state index contributed by atoms with van der Waals surface area (Å²) in [5.74, 6) is 1.62. The van der Waals surface area contributed by atoms with Crippen LogP contribution in [0.4, 0.5) is 0 Å². The predicted molar refractivity (Wildman–Crippen MR) is 196 cm³/mol. The average molecular weight is 679 g/mol. The zero-order valence-corrected chi connectivity index (χ0v) is 30.3. The third-order valence-corrected chi connectivity index (χ3v) is 9.28. The molecule has 0 fully saturated rings. The van der Waals surface area contributed by atoms with Crippen LogP contribution in [-0.2, 0) is 25.2 Å². The van der Waals surface area contributed by atoms with E-state index < -0.39 is 0 Å². The number of hydrogen-bond donors (Lipinski definition) is 0. The first kappa shape index (κ1) is 37.9. The van der Waals surface area contributed by atoms with Gasteiger partial charge in [-0.25, -0.2) is 0 Å². The van der Waals surface area contributed by atoms with Crippen molar-refractivity contribution in [3.8, 4) is 23.0 Å². The first-order chi connectivity index (χ1) is 23.9. The number of ether oxygens (including phenoxy) is 4. The van der Waals surface area contributed by atoms with Gasteiger partial charge in [-0.05, 0) is 83.6 Å². The Balaban J connectivity index is 1.08. The van der Waals surface area contributed by atoms with Crippen LogP contribution in [0.1, 0.15) is 108 Å². The Morgan fingerprint density at radius 2 is 0.720 bits per heavy atom. The number of esters is 3. The molecule has 0 bridgehead atoms. The number of carbonyl (C=O) groups is 3. The van der Waals surface area contributed by atoms with E-state index in [9.17, 15) is 14.4 Å². The summed E-state index contributed by atoms with van der Waals surface area (Å²) in [6.45, 7) is 9.95. The largest absolute Gasteiger partial charge is 0.497 e. The van der Waals surface area contributed by atoms with E-state index in [4.69, 9.17) is 18.9 Å². The fourth-order valence-corrected chi connectivity index (χ4v) is 5.94. The maximum Gasteiger partial charge on any atom is 0.311 e. The number of carbonyl (C=O) groups excluding carboxylic acids is 3. The van der Waals surface area contributed by atoms with Crippen LogP contribution in [0.25, 0.3) is 0 Å². The van der Waals surface area contributed by atoms with Crippen molar-refractivity contribution in [3.63, 3.8) is 0 Å². The molecule has 4 aromatic carbocycles. The van der Waals surface area contributed by atoms with Gasteiger partial charge in [0.2, 0.25) is 0 Å². The van der Waals surface area contributed by atoms with Crippen molar-refractivity contribution in [2.45, 2.75) is 96.8 Å². The highest BCUT2D eigenvalue weighted by atomic mass is 16.5. The van der Waals surface area contributed by atoms with Crippen LogP contribution in [0, 0.1) is 0 Å². The second-order valence-electron chi connectivity index (χ2n) is 13.7. The van der Waals surface area contributed by atoms with E-state index in [-0.39, 0.29) is 28.7 Å². The Kier molecular flexibility index (Phi) is 13.4. The smallest absolute Gasteiger partial charge is 0.311 e. The van der Waals surface area contributed by atoms with Gasteiger partial charge in [0.05, 0.1) is 7.11 Å². The van der Waals surface area contributed by atoms with Crippen molar-refractivity contribution < 1.29 is 33.3 Å². The summed E-state index contributed by atoms with van der Waals surface area (Å²) in [6, 6.07) is 30.9. The summed E-state index contributed by atoms with van der Waals surface area (Å²) < 4.78 is 21.6. The first-order valence-corrected chi connectivity index (χ1v) is 17.4. The normalized spacial score (nSPS) is 11.5. The van der Waals surface area contributed by atoms with Gasteiger partial charge in [-0.3, -0.25) is 14.4 Å². The Labute approximate surface area is 296 Å². The number of unbranched alkanes of at least 4 members (excludes halogenated alkanes) is 5. The molecule has 4 aromatic rings. The highest BCUT2D eigenvalue weighted by Crippen LogP contribution is 2.35. The minimum Gasteiger partial charge on any atom is -0.497 e. The van der Waals surface area contributed by atoms with E-state index in [1.165, 1.54) is 12.5 Å². The summed E-state index contributed by atoms with van der Waals surface area (Å²) in [5.41, 5.74) is 3.96. The van der Waals surface area contributed by atoms with E-state index in [0.29, 0.717) is 30.1 Å². The molecule has 0 heterocycles. The van der Waals surface area contributed by atoms with Crippen molar-refractivity contribution >= 4 is 17.9 Å². The van der Waals surface area contributed by atoms with Gasteiger partial charge in [0, 0.05) is 30.6 Å². The second-order valence-corrected chi connectivity index (χ2v) is 13.7. The molecule has 0 spiro atoms. The van der Waals surface area contributed by atoms with Crippen molar-refractivity contribution in [2.24, 2.45) is 0 Å². The molecule has 0 N–H and O–H groups in total. The van der Waals surface area contributed by atoms with Gasteiger partial charge in [-0.15, -0.1) is 0 Å². The molecule has 7 nitrogen and oxygen atoms in total. The predicted octanol–water partition coefficient (Wildman–Crippen LogP) is 9.90. The lowest BCUT2D eigenvalue weighted by atomic mass is 9.78. The van der Waals surface area contributed by atoms with E-state index in [1.807, 2.05) is 72.8 Å². The van der Waals surface area contributed by atoms with Gasteiger partial charge in [-0.1, -0.05) is 102 Å². The van der Waals surface area contributed by atoms with E-state index in [0.717, 1.165) is 61.0 Å². The minimum absolute atomic E-state index is 0.203. The summed E-state index contributed by atoms with van der Waals surface area (Å²) in [4.78, 5) is 36.0. The Bertz CT molecular complexity index is 1680. The Morgan fingerprint density at radius 1 is 0.440 bits per heavy atom. The molecule has 0 amide bonds. The lowest BCUT2D eigenvalue weighted by molar-refractivity contribution is -0.135. The molecule has 264 valence electrons. The first-order valence-electron chi connectivity index (χ1n) is 17.4. The van der Waals surface area contributed by atoms with Crippen LogP contribution in [0.5, 0.6) is 23.0 Å². The number of methoxy groups -OCH3 is 1. The van der Waals surface area contributed by atoms with E-state index >= 15 is 0 Å². The molecular formula is C43H50O7. The maximum absolute atomic E-state index is 12.4. The lowest BCUT2D eigenvalue weighted by Gasteiger charge is -2.26. The minimum atomic E-state index is -0.348. The summed E-state index contributed by atoms with van der Waals surface area (Å²) in [6.07, 6.45) is 6.15. The molecule has 50 heavy (non-hydrogen) atoms. The fourth-order valence-electron chi connectivity index (χ4n) is 5.94. The molecule has 0 aliphatic rings. The molecule has 7 heteroatoms. The Morgan fingerprint density at radius 3 is 1.02 bits per heavy atom. The summed E-state index contributed by atoms with van der Waals surface area (Å²) in [7, 11) is 1.66. The summed E-state index contributed by atoms with van der Waals surface area (Å²) in [5, 5.41) is 0. The van der Waals surface area contributed by atoms with E-state index in [2.05, 4.69) is 39.8 Å². The van der Waals surface area contributed by atoms with Gasteiger partial charge < -0.3 is 18.9 Å². The van der Waals surface area contributed by atoms with Crippen molar-refractivity contribution in [1.82, 2.24) is 0 Å². The number of hydrogen-bond acceptors (Lipinski definition) is 7. The molecule has 0 aromatic heterocycles. The zero-order chi connectivity index (χ0) is 36.1. The van der Waals surface area contributed by atoms with Crippen molar-refractivity contribution in [3.05, 3.63) is 119 Å². The summed E-state index contributed by atoms with van der Waals surface area (Å²) >= 11 is 0. The van der Waals surface area contributed by atoms with Gasteiger partial charge in [0.1, 0.15) is 23.0 Å². The molecule has 0 saturated carbocycles. The SMILES string of the molecule is COc1ccc(C(C)(C)c2ccc(OC(=O)CCCCCCCCC(=O)Oc3ccc(C(C)(C)c4ccc(OC(C)=O)cc4)cc3)cc2)cc1. The van der Waals surface area contributed by atoms with Gasteiger partial charge in [-0.2, -0.15) is 0 Å². The molecule has 0 unspecified atom stereocenters. The molecule has 0 saturated heterocycles. The third-order valence-electron chi connectivity index (χ3n) is 9.28. The Hall–Kier alpha value is -4.91. The third kappa shape index (κ3) is 10.8. The second kappa shape index (κ2) is 17.7.